The number of halogens is 2. The Morgan fingerprint density at radius 1 is 1.05 bits per heavy atom. The summed E-state index contributed by atoms with van der Waals surface area (Å²) in [5.41, 5.74) is 1.27. The van der Waals surface area contributed by atoms with Crippen LogP contribution in [0.15, 0.2) is 47.5 Å². The van der Waals surface area contributed by atoms with Crippen LogP contribution < -0.4 is 10.1 Å². The van der Waals surface area contributed by atoms with Gasteiger partial charge in [0.2, 0.25) is 0 Å². The number of aliphatic imine (C=N–C) groups is 1. The molecule has 11 heteroatoms. The third-order valence-electron chi connectivity index (χ3n) is 6.27. The van der Waals surface area contributed by atoms with Gasteiger partial charge in [0, 0.05) is 18.7 Å². The fourth-order valence-corrected chi connectivity index (χ4v) is 4.79. The Labute approximate surface area is 250 Å². The van der Waals surface area contributed by atoms with Crippen LogP contribution in [0.25, 0.3) is 0 Å². The molecule has 222 valence electrons. The second-order valence-corrected chi connectivity index (χ2v) is 11.6. The van der Waals surface area contributed by atoms with Crippen LogP contribution in [0.2, 0.25) is 10.0 Å². The number of rotatable bonds is 12. The number of carboxylic acid groups (broad SMARTS) is 1. The normalized spacial score (nSPS) is 14.2. The van der Waals surface area contributed by atoms with Crippen molar-refractivity contribution in [3.05, 3.63) is 63.6 Å². The van der Waals surface area contributed by atoms with E-state index in [2.05, 4.69) is 10.3 Å². The summed E-state index contributed by atoms with van der Waals surface area (Å²) < 4.78 is 11.3. The van der Waals surface area contributed by atoms with E-state index in [0.717, 1.165) is 37.0 Å². The van der Waals surface area contributed by atoms with Crippen LogP contribution >= 0.6 is 23.2 Å². The Morgan fingerprint density at radius 2 is 1.73 bits per heavy atom. The lowest BCUT2D eigenvalue weighted by Crippen LogP contribution is -2.43. The molecule has 2 aromatic rings. The number of ether oxygens (including phenoxy) is 2. The van der Waals surface area contributed by atoms with Gasteiger partial charge < -0.3 is 24.8 Å². The first-order chi connectivity index (χ1) is 19.4. The van der Waals surface area contributed by atoms with E-state index in [1.54, 1.807) is 35.2 Å². The molecule has 2 aromatic carbocycles. The fraction of sp³-hybridized carbons (Fsp3) is 0.467. The van der Waals surface area contributed by atoms with Crippen LogP contribution in [-0.2, 0) is 16.0 Å². The number of nitrogens with one attached hydrogen (secondary N) is 1. The highest BCUT2D eigenvalue weighted by Gasteiger charge is 2.25. The quantitative estimate of drug-likeness (QED) is 0.284. The maximum absolute atomic E-state index is 12.6. The predicted molar refractivity (Wildman–Crippen MR) is 160 cm³/mol. The van der Waals surface area contributed by atoms with E-state index in [4.69, 9.17) is 32.7 Å². The molecule has 3 rings (SSSR count). The molecular weight excluding hydrogens is 569 g/mol. The number of hydrogen-bond donors (Lipinski definition) is 2. The van der Waals surface area contributed by atoms with Gasteiger partial charge in [0.25, 0.3) is 5.91 Å². The van der Waals surface area contributed by atoms with Gasteiger partial charge in [-0.25, -0.2) is 9.59 Å². The molecule has 2 N–H and O–H groups in total. The smallest absolute Gasteiger partial charge is 0.410 e. The van der Waals surface area contributed by atoms with Crippen LogP contribution in [0.3, 0.4) is 0 Å². The number of carbonyl (C=O) groups excluding carboxylic acids is 2. The van der Waals surface area contributed by atoms with Crippen molar-refractivity contribution < 1.29 is 29.0 Å². The van der Waals surface area contributed by atoms with Gasteiger partial charge in [-0.05, 0) is 76.3 Å². The summed E-state index contributed by atoms with van der Waals surface area (Å²) in [7, 11) is 0. The molecule has 0 bridgehead atoms. The Kier molecular flexibility index (Phi) is 11.8. The molecule has 41 heavy (non-hydrogen) atoms. The van der Waals surface area contributed by atoms with E-state index < -0.39 is 23.5 Å². The molecule has 1 aliphatic rings. The molecule has 2 amide bonds. The lowest BCUT2D eigenvalue weighted by Gasteiger charge is -2.29. The number of carbonyl (C=O) groups is 3. The summed E-state index contributed by atoms with van der Waals surface area (Å²) in [5.74, 6) is -1.14. The minimum absolute atomic E-state index is 0.0420. The van der Waals surface area contributed by atoms with Crippen molar-refractivity contribution in [2.75, 3.05) is 26.2 Å². The summed E-state index contributed by atoms with van der Waals surface area (Å²) in [5, 5.41) is 12.4. The lowest BCUT2D eigenvalue weighted by atomic mass is 10.1. The SMILES string of the molecule is CC(C)(C)OC(=O)N1CCN=C(CCCCCOc2ccc(C[C@H](NC(=O)c3c(Cl)cccc3Cl)C(=O)O)cc2)C1. The van der Waals surface area contributed by atoms with E-state index in [1.165, 1.54) is 12.1 Å². The Hall–Kier alpha value is -3.30. The second-order valence-electron chi connectivity index (χ2n) is 10.8. The number of benzene rings is 2. The van der Waals surface area contributed by atoms with E-state index in [9.17, 15) is 19.5 Å². The average Bonchev–Trinajstić information content (AvgIpc) is 2.90. The van der Waals surface area contributed by atoms with Gasteiger partial charge in [0.15, 0.2) is 0 Å². The topological polar surface area (TPSA) is 118 Å². The van der Waals surface area contributed by atoms with Crippen LogP contribution in [-0.4, -0.2) is 71.6 Å². The van der Waals surface area contributed by atoms with E-state index in [-0.39, 0.29) is 28.1 Å². The summed E-state index contributed by atoms with van der Waals surface area (Å²) in [6.07, 6.45) is 3.39. The minimum Gasteiger partial charge on any atom is -0.494 e. The highest BCUT2D eigenvalue weighted by Crippen LogP contribution is 2.24. The van der Waals surface area contributed by atoms with Crippen molar-refractivity contribution in [2.45, 2.75) is 64.5 Å². The molecule has 0 fully saturated rings. The molecule has 1 heterocycles. The molecule has 0 aliphatic carbocycles. The third-order valence-corrected chi connectivity index (χ3v) is 6.90. The van der Waals surface area contributed by atoms with Crippen LogP contribution in [0.4, 0.5) is 4.79 Å². The lowest BCUT2D eigenvalue weighted by molar-refractivity contribution is -0.139. The van der Waals surface area contributed by atoms with Gasteiger partial charge in [-0.2, -0.15) is 0 Å². The standard InChI is InChI=1S/C30H37Cl2N3O6/c1-30(2,3)41-29(39)35-16-15-33-21(19-35)8-5-4-6-17-40-22-13-11-20(12-14-22)18-25(28(37)38)34-27(36)26-23(31)9-7-10-24(26)32/h7,9-14,25H,4-6,8,15-19H2,1-3H3,(H,34,36)(H,37,38)/t25-/m0/s1. The molecule has 0 aromatic heterocycles. The summed E-state index contributed by atoms with van der Waals surface area (Å²) in [4.78, 5) is 43.0. The third kappa shape index (κ3) is 10.6. The molecule has 1 aliphatic heterocycles. The zero-order chi connectivity index (χ0) is 30.0. The Bertz CT molecular complexity index is 1220. The monoisotopic (exact) mass is 605 g/mol. The van der Waals surface area contributed by atoms with Crippen molar-refractivity contribution in [3.8, 4) is 5.75 Å². The number of amides is 2. The average molecular weight is 607 g/mol. The van der Waals surface area contributed by atoms with Gasteiger partial charge in [0.1, 0.15) is 17.4 Å². The highest BCUT2D eigenvalue weighted by atomic mass is 35.5. The maximum atomic E-state index is 12.6. The van der Waals surface area contributed by atoms with E-state index >= 15 is 0 Å². The largest absolute Gasteiger partial charge is 0.494 e. The van der Waals surface area contributed by atoms with Crippen molar-refractivity contribution in [3.63, 3.8) is 0 Å². The highest BCUT2D eigenvalue weighted by molar-refractivity contribution is 6.39. The molecule has 0 saturated heterocycles. The molecule has 9 nitrogen and oxygen atoms in total. The summed E-state index contributed by atoms with van der Waals surface area (Å²) in [6.45, 7) is 7.81. The number of carboxylic acids is 1. The van der Waals surface area contributed by atoms with Gasteiger partial charge in [-0.1, -0.05) is 41.4 Å². The van der Waals surface area contributed by atoms with Crippen molar-refractivity contribution in [1.82, 2.24) is 10.2 Å². The van der Waals surface area contributed by atoms with Gasteiger partial charge in [-0.3, -0.25) is 9.79 Å². The minimum atomic E-state index is -1.17. The first kappa shape index (κ1) is 32.2. The van der Waals surface area contributed by atoms with E-state index in [0.29, 0.717) is 32.0 Å². The molecular formula is C30H37Cl2N3O6. The van der Waals surface area contributed by atoms with E-state index in [1.807, 2.05) is 20.8 Å². The molecule has 0 saturated carbocycles. The van der Waals surface area contributed by atoms with Crippen LogP contribution in [0.1, 0.15) is 62.4 Å². The van der Waals surface area contributed by atoms with Crippen molar-refractivity contribution in [2.24, 2.45) is 4.99 Å². The molecule has 0 radical (unpaired) electrons. The number of unbranched alkanes of at least 4 members (excludes halogenated alkanes) is 2. The number of hydrogen-bond acceptors (Lipinski definition) is 6. The maximum Gasteiger partial charge on any atom is 0.410 e. The Morgan fingerprint density at radius 3 is 2.37 bits per heavy atom. The summed E-state index contributed by atoms with van der Waals surface area (Å²) in [6, 6.07) is 10.6. The van der Waals surface area contributed by atoms with Gasteiger partial charge in [-0.15, -0.1) is 0 Å². The first-order valence-electron chi connectivity index (χ1n) is 13.6. The molecule has 0 unspecified atom stereocenters. The first-order valence-corrected chi connectivity index (χ1v) is 14.4. The second kappa shape index (κ2) is 15.1. The molecule has 1 atom stereocenters. The number of aliphatic carboxylic acids is 1. The molecule has 0 spiro atoms. The van der Waals surface area contributed by atoms with Crippen molar-refractivity contribution in [1.29, 1.82) is 0 Å². The predicted octanol–water partition coefficient (Wildman–Crippen LogP) is 6.05. The number of nitrogens with zero attached hydrogens (tertiary/aromatic N) is 2. The van der Waals surface area contributed by atoms with Gasteiger partial charge in [0.05, 0.1) is 35.3 Å². The van der Waals surface area contributed by atoms with Crippen LogP contribution in [0.5, 0.6) is 5.75 Å². The van der Waals surface area contributed by atoms with Crippen LogP contribution in [0, 0.1) is 0 Å². The Balaban J connectivity index is 1.38. The fourth-order valence-electron chi connectivity index (χ4n) is 4.22. The zero-order valence-corrected chi connectivity index (χ0v) is 25.1. The zero-order valence-electron chi connectivity index (χ0n) is 23.6. The summed E-state index contributed by atoms with van der Waals surface area (Å²) >= 11 is 12.1. The van der Waals surface area contributed by atoms with Crippen molar-refractivity contribution >= 4 is 46.9 Å². The van der Waals surface area contributed by atoms with Gasteiger partial charge >= 0.3 is 12.1 Å².